The van der Waals surface area contributed by atoms with E-state index < -0.39 is 33.4 Å². The van der Waals surface area contributed by atoms with Gasteiger partial charge in [0, 0.05) is 19.2 Å². The highest BCUT2D eigenvalue weighted by Gasteiger charge is 2.35. The van der Waals surface area contributed by atoms with E-state index in [1.54, 1.807) is 0 Å². The number of sulfonamides is 1. The summed E-state index contributed by atoms with van der Waals surface area (Å²) in [4.78, 5) is 10.7. The molecule has 0 aliphatic carbocycles. The molecule has 8 nitrogen and oxygen atoms in total. The van der Waals surface area contributed by atoms with E-state index in [0.717, 1.165) is 16.5 Å². The molecule has 29 heavy (non-hydrogen) atoms. The van der Waals surface area contributed by atoms with E-state index in [1.807, 2.05) is 0 Å². The Kier molecular flexibility index (Phi) is 5.52. The summed E-state index contributed by atoms with van der Waals surface area (Å²) in [5.74, 6) is -1.22. The Morgan fingerprint density at radius 1 is 1.24 bits per heavy atom. The number of hydrogen-bond acceptors (Lipinski definition) is 5. The number of fused-ring (bicyclic) bond motifs is 1. The number of nitrogens with zero attached hydrogens (tertiary/aromatic N) is 3. The second-order valence-electron chi connectivity index (χ2n) is 5.86. The standard InChI is InChI=1S/C16H12ClF3N4O4S/c17-10-7-12(16(18,19)20)14-23-22-13(24(14)8-10)4-5-21-29(27,28)11-3-1-2-9(6-11)15(25)26/h1-3,6-8,21H,4-5H2,(H,25,26). The van der Waals surface area contributed by atoms with Crippen molar-refractivity contribution in [3.63, 3.8) is 0 Å². The lowest BCUT2D eigenvalue weighted by Gasteiger charge is -2.09. The van der Waals surface area contributed by atoms with Crippen molar-refractivity contribution in [3.05, 3.63) is 58.5 Å². The van der Waals surface area contributed by atoms with Crippen LogP contribution in [0.2, 0.25) is 5.02 Å². The van der Waals surface area contributed by atoms with Crippen molar-refractivity contribution < 1.29 is 31.5 Å². The molecule has 0 radical (unpaired) electrons. The summed E-state index contributed by atoms with van der Waals surface area (Å²) >= 11 is 5.75. The first-order valence-corrected chi connectivity index (χ1v) is 9.78. The second kappa shape index (κ2) is 7.61. The topological polar surface area (TPSA) is 114 Å². The van der Waals surface area contributed by atoms with Crippen LogP contribution >= 0.6 is 11.6 Å². The van der Waals surface area contributed by atoms with Gasteiger partial charge in [0.05, 0.1) is 15.5 Å². The van der Waals surface area contributed by atoms with Crippen molar-refractivity contribution in [2.24, 2.45) is 0 Å². The maximum Gasteiger partial charge on any atom is 0.420 e. The average molecular weight is 449 g/mol. The molecular formula is C16H12ClF3N4O4S. The number of carboxylic acids is 1. The molecule has 2 heterocycles. The number of aromatic nitrogens is 3. The summed E-state index contributed by atoms with van der Waals surface area (Å²) in [6, 6.07) is 5.47. The third kappa shape index (κ3) is 4.49. The Labute approximate surface area is 167 Å². The van der Waals surface area contributed by atoms with Gasteiger partial charge in [-0.1, -0.05) is 17.7 Å². The van der Waals surface area contributed by atoms with Crippen LogP contribution in [0, 0.1) is 0 Å². The molecule has 1 aromatic carbocycles. The van der Waals surface area contributed by atoms with Gasteiger partial charge in [0.1, 0.15) is 11.4 Å². The number of benzene rings is 1. The quantitative estimate of drug-likeness (QED) is 0.599. The third-order valence-electron chi connectivity index (χ3n) is 3.88. The van der Waals surface area contributed by atoms with Crippen LogP contribution in [0.3, 0.4) is 0 Å². The second-order valence-corrected chi connectivity index (χ2v) is 8.06. The number of carboxylic acid groups (broad SMARTS) is 1. The number of halogens is 4. The molecule has 0 aliphatic heterocycles. The summed E-state index contributed by atoms with van der Waals surface area (Å²) < 4.78 is 67.3. The van der Waals surface area contributed by atoms with Crippen LogP contribution in [-0.2, 0) is 22.6 Å². The van der Waals surface area contributed by atoms with Gasteiger partial charge in [-0.05, 0) is 24.3 Å². The van der Waals surface area contributed by atoms with Gasteiger partial charge in [-0.2, -0.15) is 13.2 Å². The molecule has 0 saturated heterocycles. The number of rotatable bonds is 6. The van der Waals surface area contributed by atoms with E-state index in [0.29, 0.717) is 0 Å². The number of alkyl halides is 3. The first-order valence-electron chi connectivity index (χ1n) is 7.92. The van der Waals surface area contributed by atoms with E-state index in [4.69, 9.17) is 16.7 Å². The molecule has 3 aromatic rings. The van der Waals surface area contributed by atoms with E-state index in [9.17, 15) is 26.4 Å². The zero-order chi connectivity index (χ0) is 21.4. The Morgan fingerprint density at radius 2 is 1.97 bits per heavy atom. The van der Waals surface area contributed by atoms with Gasteiger partial charge in [-0.25, -0.2) is 17.9 Å². The molecule has 0 amide bonds. The summed E-state index contributed by atoms with van der Waals surface area (Å²) in [7, 11) is -4.04. The lowest BCUT2D eigenvalue weighted by atomic mass is 10.2. The molecule has 0 aliphatic rings. The molecule has 154 valence electrons. The fraction of sp³-hybridized carbons (Fsp3) is 0.188. The number of pyridine rings is 1. The lowest BCUT2D eigenvalue weighted by Crippen LogP contribution is -2.26. The van der Waals surface area contributed by atoms with E-state index in [2.05, 4.69) is 14.9 Å². The highest BCUT2D eigenvalue weighted by atomic mass is 35.5. The van der Waals surface area contributed by atoms with Crippen LogP contribution in [0.25, 0.3) is 5.65 Å². The maximum atomic E-state index is 13.1. The summed E-state index contributed by atoms with van der Waals surface area (Å²) in [6.45, 7) is -0.214. The van der Waals surface area contributed by atoms with Crippen LogP contribution in [0.5, 0.6) is 0 Å². The fourth-order valence-corrected chi connectivity index (χ4v) is 3.85. The maximum absolute atomic E-state index is 13.1. The molecule has 2 aromatic heterocycles. The summed E-state index contributed by atoms with van der Waals surface area (Å²) in [6.07, 6.45) is -3.57. The predicted octanol–water partition coefficient (Wildman–Crippen LogP) is 2.62. The monoisotopic (exact) mass is 448 g/mol. The first kappa shape index (κ1) is 21.0. The van der Waals surface area contributed by atoms with Crippen molar-refractivity contribution in [2.45, 2.75) is 17.5 Å². The minimum atomic E-state index is -4.69. The van der Waals surface area contributed by atoms with Crippen molar-refractivity contribution in [2.75, 3.05) is 6.54 Å². The van der Waals surface area contributed by atoms with Crippen molar-refractivity contribution in [1.82, 2.24) is 19.3 Å². The molecule has 0 spiro atoms. The average Bonchev–Trinajstić information content (AvgIpc) is 3.03. The Balaban J connectivity index is 1.80. The SMILES string of the molecule is O=C(O)c1cccc(S(=O)(=O)NCCc2nnc3c(C(F)(F)F)cc(Cl)cn23)c1. The third-order valence-corrected chi connectivity index (χ3v) is 5.54. The summed E-state index contributed by atoms with van der Waals surface area (Å²) in [5.41, 5.74) is -1.71. The van der Waals surface area contributed by atoms with Crippen LogP contribution in [-0.4, -0.2) is 40.6 Å². The van der Waals surface area contributed by atoms with Crippen LogP contribution in [0.4, 0.5) is 13.2 Å². The Bertz CT molecular complexity index is 1190. The minimum Gasteiger partial charge on any atom is -0.478 e. The minimum absolute atomic E-state index is 0.0648. The lowest BCUT2D eigenvalue weighted by molar-refractivity contribution is -0.136. The van der Waals surface area contributed by atoms with Gasteiger partial charge in [0.15, 0.2) is 5.65 Å². The summed E-state index contributed by atoms with van der Waals surface area (Å²) in [5, 5.41) is 16.0. The fourth-order valence-electron chi connectivity index (χ4n) is 2.56. The number of carbonyl (C=O) groups is 1. The van der Waals surface area contributed by atoms with E-state index in [1.165, 1.54) is 24.4 Å². The molecule has 3 rings (SSSR count). The smallest absolute Gasteiger partial charge is 0.420 e. The molecule has 0 saturated carbocycles. The Hall–Kier alpha value is -2.70. The predicted molar refractivity (Wildman–Crippen MR) is 95.3 cm³/mol. The van der Waals surface area contributed by atoms with Gasteiger partial charge in [0.25, 0.3) is 0 Å². The van der Waals surface area contributed by atoms with Gasteiger partial charge in [-0.3, -0.25) is 4.40 Å². The van der Waals surface area contributed by atoms with Crippen molar-refractivity contribution in [3.8, 4) is 0 Å². The van der Waals surface area contributed by atoms with Crippen LogP contribution in [0.15, 0.2) is 41.4 Å². The largest absolute Gasteiger partial charge is 0.478 e. The van der Waals surface area contributed by atoms with Crippen LogP contribution < -0.4 is 4.72 Å². The van der Waals surface area contributed by atoms with E-state index >= 15 is 0 Å². The molecule has 13 heteroatoms. The van der Waals surface area contributed by atoms with Crippen molar-refractivity contribution >= 4 is 33.2 Å². The molecule has 0 fully saturated rings. The van der Waals surface area contributed by atoms with Gasteiger partial charge < -0.3 is 5.11 Å². The van der Waals surface area contributed by atoms with E-state index in [-0.39, 0.29) is 34.3 Å². The molecular weight excluding hydrogens is 437 g/mol. The zero-order valence-corrected chi connectivity index (χ0v) is 15.9. The molecule has 0 bridgehead atoms. The van der Waals surface area contributed by atoms with Gasteiger partial charge in [-0.15, -0.1) is 10.2 Å². The molecule has 0 unspecified atom stereocenters. The zero-order valence-electron chi connectivity index (χ0n) is 14.3. The van der Waals surface area contributed by atoms with Crippen molar-refractivity contribution in [1.29, 1.82) is 0 Å². The molecule has 0 atom stereocenters. The molecule has 2 N–H and O–H groups in total. The first-order chi connectivity index (χ1) is 13.5. The number of aromatic carboxylic acids is 1. The van der Waals surface area contributed by atoms with Crippen LogP contribution in [0.1, 0.15) is 21.7 Å². The number of hydrogen-bond donors (Lipinski definition) is 2. The van der Waals surface area contributed by atoms with Gasteiger partial charge in [0.2, 0.25) is 10.0 Å². The highest BCUT2D eigenvalue weighted by molar-refractivity contribution is 7.89. The highest BCUT2D eigenvalue weighted by Crippen LogP contribution is 2.33. The van der Waals surface area contributed by atoms with Gasteiger partial charge >= 0.3 is 12.1 Å². The number of nitrogens with one attached hydrogen (secondary N) is 1. The Morgan fingerprint density at radius 3 is 2.62 bits per heavy atom. The normalized spacial score (nSPS) is 12.4.